The van der Waals surface area contributed by atoms with E-state index in [1.54, 1.807) is 17.7 Å². The lowest BCUT2D eigenvalue weighted by molar-refractivity contribution is -0.133. The van der Waals surface area contributed by atoms with Gasteiger partial charge in [-0.25, -0.2) is 4.98 Å². The van der Waals surface area contributed by atoms with E-state index in [0.29, 0.717) is 41.1 Å². The average molecular weight is 526 g/mol. The number of amides is 1. The molecule has 0 bridgehead atoms. The standard InChI is InChI=1S/C33H39N3O3/c1-4-5-6-7-11-18-31(37)35(24-23-26-14-9-8-10-15-26)25(2)32-34-30-17-13-12-16-29(30)33(38)36(32)27-19-21-28(39-3)22-20-27/h8-10,12-17,19-22,25H,4-7,11,18,23-24H2,1-3H3. The van der Waals surface area contributed by atoms with Gasteiger partial charge in [0.2, 0.25) is 5.91 Å². The molecule has 39 heavy (non-hydrogen) atoms. The Bertz CT molecular complexity index is 1410. The fourth-order valence-electron chi connectivity index (χ4n) is 5.00. The molecule has 4 rings (SSSR count). The predicted molar refractivity (Wildman–Crippen MR) is 158 cm³/mol. The highest BCUT2D eigenvalue weighted by molar-refractivity contribution is 5.79. The van der Waals surface area contributed by atoms with E-state index in [2.05, 4.69) is 19.1 Å². The first-order valence-corrected chi connectivity index (χ1v) is 14.0. The summed E-state index contributed by atoms with van der Waals surface area (Å²) < 4.78 is 6.98. The molecule has 6 heteroatoms. The number of hydrogen-bond donors (Lipinski definition) is 0. The molecule has 1 unspecified atom stereocenters. The van der Waals surface area contributed by atoms with Gasteiger partial charge in [0.15, 0.2) is 0 Å². The first-order valence-electron chi connectivity index (χ1n) is 14.0. The Labute approximate surface area is 231 Å². The van der Waals surface area contributed by atoms with Crippen molar-refractivity contribution < 1.29 is 9.53 Å². The minimum Gasteiger partial charge on any atom is -0.497 e. The summed E-state index contributed by atoms with van der Waals surface area (Å²) in [5.41, 5.74) is 2.34. The molecular weight excluding hydrogens is 486 g/mol. The lowest BCUT2D eigenvalue weighted by Crippen LogP contribution is -2.38. The summed E-state index contributed by atoms with van der Waals surface area (Å²) in [7, 11) is 1.62. The number of benzene rings is 3. The van der Waals surface area contributed by atoms with Crippen LogP contribution >= 0.6 is 0 Å². The summed E-state index contributed by atoms with van der Waals surface area (Å²) in [5, 5.41) is 0.544. The molecule has 0 fully saturated rings. The first kappa shape index (κ1) is 28.1. The van der Waals surface area contributed by atoms with Gasteiger partial charge in [0.25, 0.3) is 5.56 Å². The SMILES string of the molecule is CCCCCCCC(=O)N(CCc1ccccc1)C(C)c1nc2ccccc2c(=O)n1-c1ccc(OC)cc1. The van der Waals surface area contributed by atoms with Gasteiger partial charge in [0, 0.05) is 13.0 Å². The van der Waals surface area contributed by atoms with Gasteiger partial charge >= 0.3 is 0 Å². The van der Waals surface area contributed by atoms with Crippen molar-refractivity contribution in [1.82, 2.24) is 14.5 Å². The summed E-state index contributed by atoms with van der Waals surface area (Å²) in [6.07, 6.45) is 6.64. The minimum atomic E-state index is -0.406. The number of methoxy groups -OCH3 is 1. The molecule has 1 amide bonds. The zero-order valence-electron chi connectivity index (χ0n) is 23.3. The maximum atomic E-state index is 13.8. The van der Waals surface area contributed by atoms with Gasteiger partial charge in [0.05, 0.1) is 29.7 Å². The average Bonchev–Trinajstić information content (AvgIpc) is 2.97. The van der Waals surface area contributed by atoms with E-state index in [1.807, 2.05) is 72.5 Å². The van der Waals surface area contributed by atoms with E-state index in [4.69, 9.17) is 9.72 Å². The summed E-state index contributed by atoms with van der Waals surface area (Å²) in [6, 6.07) is 24.6. The Morgan fingerprint density at radius 1 is 0.923 bits per heavy atom. The number of para-hydroxylation sites is 1. The topological polar surface area (TPSA) is 64.4 Å². The van der Waals surface area contributed by atoms with E-state index < -0.39 is 6.04 Å². The van der Waals surface area contributed by atoms with Crippen LogP contribution in [0.25, 0.3) is 16.6 Å². The highest BCUT2D eigenvalue weighted by Gasteiger charge is 2.26. The molecule has 1 aromatic heterocycles. The molecule has 1 atom stereocenters. The lowest BCUT2D eigenvalue weighted by atomic mass is 10.1. The molecular formula is C33H39N3O3. The van der Waals surface area contributed by atoms with Crippen molar-refractivity contribution in [3.05, 3.63) is 101 Å². The van der Waals surface area contributed by atoms with Gasteiger partial charge in [-0.3, -0.25) is 14.2 Å². The van der Waals surface area contributed by atoms with Crippen LogP contribution in [-0.4, -0.2) is 34.0 Å². The van der Waals surface area contributed by atoms with E-state index in [-0.39, 0.29) is 11.5 Å². The van der Waals surface area contributed by atoms with Crippen molar-refractivity contribution in [2.45, 2.75) is 64.8 Å². The van der Waals surface area contributed by atoms with Gasteiger partial charge in [-0.1, -0.05) is 75.1 Å². The number of rotatable bonds is 13. The van der Waals surface area contributed by atoms with Crippen molar-refractivity contribution in [3.63, 3.8) is 0 Å². The number of carbonyl (C=O) groups is 1. The lowest BCUT2D eigenvalue weighted by Gasteiger charge is -2.31. The van der Waals surface area contributed by atoms with E-state index in [9.17, 15) is 9.59 Å². The van der Waals surface area contributed by atoms with Crippen LogP contribution in [0.4, 0.5) is 0 Å². The maximum Gasteiger partial charge on any atom is 0.266 e. The van der Waals surface area contributed by atoms with Crippen molar-refractivity contribution >= 4 is 16.8 Å². The highest BCUT2D eigenvalue weighted by Crippen LogP contribution is 2.25. The maximum absolute atomic E-state index is 13.8. The second kappa shape index (κ2) is 13.7. The second-order valence-electron chi connectivity index (χ2n) is 9.99. The summed E-state index contributed by atoms with van der Waals surface area (Å²) in [6.45, 7) is 4.72. The Kier molecular flexibility index (Phi) is 9.90. The Balaban J connectivity index is 1.73. The van der Waals surface area contributed by atoms with E-state index >= 15 is 0 Å². The Morgan fingerprint density at radius 3 is 2.33 bits per heavy atom. The van der Waals surface area contributed by atoms with Gasteiger partial charge in [0.1, 0.15) is 11.6 Å². The van der Waals surface area contributed by atoms with Gasteiger partial charge < -0.3 is 9.64 Å². The molecule has 3 aromatic carbocycles. The van der Waals surface area contributed by atoms with Crippen LogP contribution in [0, 0.1) is 0 Å². The fraction of sp³-hybridized carbons (Fsp3) is 0.364. The zero-order chi connectivity index (χ0) is 27.6. The smallest absolute Gasteiger partial charge is 0.266 e. The van der Waals surface area contributed by atoms with Gasteiger partial charge in [-0.2, -0.15) is 0 Å². The molecule has 0 aliphatic carbocycles. The quantitative estimate of drug-likeness (QED) is 0.178. The number of carbonyl (C=O) groups excluding carboxylic acids is 1. The van der Waals surface area contributed by atoms with Crippen LogP contribution in [0.3, 0.4) is 0 Å². The summed E-state index contributed by atoms with van der Waals surface area (Å²) in [5.74, 6) is 1.35. The minimum absolute atomic E-state index is 0.0959. The third-order valence-electron chi connectivity index (χ3n) is 7.27. The molecule has 0 saturated heterocycles. The van der Waals surface area contributed by atoms with Crippen LogP contribution in [0.5, 0.6) is 5.75 Å². The third-order valence-corrected chi connectivity index (χ3v) is 7.27. The monoisotopic (exact) mass is 525 g/mol. The third kappa shape index (κ3) is 6.94. The van der Waals surface area contributed by atoms with Gasteiger partial charge in [-0.05, 0) is 61.7 Å². The van der Waals surface area contributed by atoms with E-state index in [0.717, 1.165) is 25.7 Å². The van der Waals surface area contributed by atoms with Crippen molar-refractivity contribution in [3.8, 4) is 11.4 Å². The Morgan fingerprint density at radius 2 is 1.62 bits per heavy atom. The molecule has 0 saturated carbocycles. The number of unbranched alkanes of at least 4 members (excludes halogenated alkanes) is 4. The van der Waals surface area contributed by atoms with Crippen LogP contribution in [0.1, 0.15) is 69.8 Å². The van der Waals surface area contributed by atoms with Crippen molar-refractivity contribution in [2.24, 2.45) is 0 Å². The van der Waals surface area contributed by atoms with Crippen LogP contribution in [-0.2, 0) is 11.2 Å². The van der Waals surface area contributed by atoms with Gasteiger partial charge in [-0.15, -0.1) is 0 Å². The Hall–Kier alpha value is -3.93. The molecule has 4 aromatic rings. The molecule has 0 N–H and O–H groups in total. The zero-order valence-corrected chi connectivity index (χ0v) is 23.3. The predicted octanol–water partition coefficient (Wildman–Crippen LogP) is 6.89. The number of ether oxygens (including phenoxy) is 1. The largest absolute Gasteiger partial charge is 0.497 e. The van der Waals surface area contributed by atoms with Crippen LogP contribution in [0.2, 0.25) is 0 Å². The van der Waals surface area contributed by atoms with Crippen molar-refractivity contribution in [2.75, 3.05) is 13.7 Å². The second-order valence-corrected chi connectivity index (χ2v) is 9.99. The number of hydrogen-bond acceptors (Lipinski definition) is 4. The molecule has 6 nitrogen and oxygen atoms in total. The molecule has 0 aliphatic rings. The number of fused-ring (bicyclic) bond motifs is 1. The summed E-state index contributed by atoms with van der Waals surface area (Å²) >= 11 is 0. The first-order chi connectivity index (χ1) is 19.0. The highest BCUT2D eigenvalue weighted by atomic mass is 16.5. The molecule has 1 heterocycles. The number of nitrogens with zero attached hydrogens (tertiary/aromatic N) is 3. The molecule has 204 valence electrons. The van der Waals surface area contributed by atoms with Crippen LogP contribution in [0.15, 0.2) is 83.7 Å². The molecule has 0 spiro atoms. The van der Waals surface area contributed by atoms with E-state index in [1.165, 1.54) is 18.4 Å². The molecule has 0 aliphatic heterocycles. The number of aromatic nitrogens is 2. The fourth-order valence-corrected chi connectivity index (χ4v) is 5.00. The van der Waals surface area contributed by atoms with Crippen LogP contribution < -0.4 is 10.3 Å². The molecule has 0 radical (unpaired) electrons. The van der Waals surface area contributed by atoms with Crippen molar-refractivity contribution in [1.29, 1.82) is 0 Å². The summed E-state index contributed by atoms with van der Waals surface area (Å²) in [4.78, 5) is 34.4. The normalized spacial score (nSPS) is 11.9.